The van der Waals surface area contributed by atoms with E-state index in [1.165, 1.54) is 19.3 Å². The van der Waals surface area contributed by atoms with E-state index < -0.39 is 17.4 Å². The molecule has 7 nitrogen and oxygen atoms in total. The van der Waals surface area contributed by atoms with Crippen LogP contribution in [0, 0.1) is 5.41 Å². The zero-order chi connectivity index (χ0) is 19.4. The lowest BCUT2D eigenvalue weighted by Gasteiger charge is -2.24. The Kier molecular flexibility index (Phi) is 22.4. The second kappa shape index (κ2) is 19.6. The van der Waals surface area contributed by atoms with Crippen LogP contribution >= 0.6 is 0 Å². The molecular formula is C17H34O7. The molecule has 0 spiro atoms. The molecule has 7 heteroatoms. The Morgan fingerprint density at radius 2 is 1.33 bits per heavy atom. The summed E-state index contributed by atoms with van der Waals surface area (Å²) in [5.41, 5.74) is -0.667. The van der Waals surface area contributed by atoms with E-state index in [1.54, 1.807) is 0 Å². The van der Waals surface area contributed by atoms with Gasteiger partial charge in [0, 0.05) is 17.9 Å². The third-order valence-corrected chi connectivity index (χ3v) is 3.43. The first-order valence-corrected chi connectivity index (χ1v) is 8.18. The van der Waals surface area contributed by atoms with E-state index in [0.29, 0.717) is 12.8 Å². The van der Waals surface area contributed by atoms with Gasteiger partial charge < -0.3 is 25.5 Å². The highest BCUT2D eigenvalue weighted by molar-refractivity contribution is 5.78. The van der Waals surface area contributed by atoms with Gasteiger partial charge in [0.2, 0.25) is 0 Å². The Bertz CT molecular complexity index is 295. The Labute approximate surface area is 144 Å². The fraction of sp³-hybridized carbons (Fsp3) is 0.765. The van der Waals surface area contributed by atoms with Gasteiger partial charge in [-0.25, -0.2) is 4.79 Å². The SMILES string of the molecule is C=CC(=O)O.CCC(CO)(CO)CO.CCCCCCCC(=O)O. The molecular weight excluding hydrogens is 316 g/mol. The van der Waals surface area contributed by atoms with Gasteiger partial charge in [-0.1, -0.05) is 46.1 Å². The smallest absolute Gasteiger partial charge is 0.327 e. The summed E-state index contributed by atoms with van der Waals surface area (Å²) < 4.78 is 0. The molecule has 0 rings (SSSR count). The van der Waals surface area contributed by atoms with E-state index in [1.807, 2.05) is 6.92 Å². The summed E-state index contributed by atoms with van der Waals surface area (Å²) >= 11 is 0. The number of rotatable bonds is 11. The van der Waals surface area contributed by atoms with Gasteiger partial charge in [0.05, 0.1) is 19.8 Å². The van der Waals surface area contributed by atoms with Crippen molar-refractivity contribution in [3.63, 3.8) is 0 Å². The molecule has 5 N–H and O–H groups in total. The summed E-state index contributed by atoms with van der Waals surface area (Å²) in [5, 5.41) is 41.8. The number of unbranched alkanes of at least 4 members (excludes halogenated alkanes) is 4. The van der Waals surface area contributed by atoms with Gasteiger partial charge in [0.15, 0.2) is 0 Å². The van der Waals surface area contributed by atoms with Gasteiger partial charge in [0.1, 0.15) is 0 Å². The zero-order valence-electron chi connectivity index (χ0n) is 14.9. The number of hydrogen-bond donors (Lipinski definition) is 5. The minimum Gasteiger partial charge on any atom is -0.481 e. The standard InChI is InChI=1S/C8H16O2.C6H14O3.C3H4O2/c1-2-3-4-5-6-7-8(9)10;1-2-6(3-7,4-8)5-9;1-2-3(4)5/h2-7H2,1H3,(H,9,10);7-9H,2-5H2,1H3;2H,1H2,(H,4,5). The summed E-state index contributed by atoms with van der Waals surface area (Å²) in [5.74, 6) is -1.65. The third kappa shape index (κ3) is 20.6. The van der Waals surface area contributed by atoms with Crippen LogP contribution in [0.2, 0.25) is 0 Å². The maximum absolute atomic E-state index is 10.0. The topological polar surface area (TPSA) is 135 Å². The second-order valence-electron chi connectivity index (χ2n) is 5.43. The van der Waals surface area contributed by atoms with Gasteiger partial charge in [0.25, 0.3) is 0 Å². The Balaban J connectivity index is -0.000000291. The van der Waals surface area contributed by atoms with Crippen molar-refractivity contribution in [3.05, 3.63) is 12.7 Å². The summed E-state index contributed by atoms with van der Waals surface area (Å²) in [4.78, 5) is 19.3. The van der Waals surface area contributed by atoms with Gasteiger partial charge in [-0.15, -0.1) is 0 Å². The van der Waals surface area contributed by atoms with Crippen molar-refractivity contribution in [1.29, 1.82) is 0 Å². The number of aliphatic carboxylic acids is 2. The molecule has 0 aromatic carbocycles. The van der Waals surface area contributed by atoms with E-state index in [4.69, 9.17) is 25.5 Å². The maximum atomic E-state index is 10.0. The lowest BCUT2D eigenvalue weighted by atomic mass is 9.88. The first-order valence-electron chi connectivity index (χ1n) is 8.18. The lowest BCUT2D eigenvalue weighted by molar-refractivity contribution is -0.137. The first kappa shape index (κ1) is 27.4. The van der Waals surface area contributed by atoms with Crippen LogP contribution in [0.5, 0.6) is 0 Å². The molecule has 0 heterocycles. The average Bonchev–Trinajstić information content (AvgIpc) is 2.58. The molecule has 0 saturated heterocycles. The number of aliphatic hydroxyl groups excluding tert-OH is 3. The summed E-state index contributed by atoms with van der Waals surface area (Å²) in [6, 6.07) is 0. The van der Waals surface area contributed by atoms with Gasteiger partial charge in [-0.3, -0.25) is 4.79 Å². The van der Waals surface area contributed by atoms with E-state index in [-0.39, 0.29) is 19.8 Å². The number of hydrogen-bond acceptors (Lipinski definition) is 5. The molecule has 0 aliphatic carbocycles. The highest BCUT2D eigenvalue weighted by Crippen LogP contribution is 2.18. The quantitative estimate of drug-likeness (QED) is 0.284. The molecule has 0 amide bonds. The highest BCUT2D eigenvalue weighted by atomic mass is 16.4. The van der Waals surface area contributed by atoms with Crippen LogP contribution in [0.4, 0.5) is 0 Å². The molecule has 0 aliphatic rings. The zero-order valence-corrected chi connectivity index (χ0v) is 14.9. The molecule has 144 valence electrons. The van der Waals surface area contributed by atoms with Crippen molar-refractivity contribution >= 4 is 11.9 Å². The predicted molar refractivity (Wildman–Crippen MR) is 92.8 cm³/mol. The van der Waals surface area contributed by atoms with Crippen LogP contribution < -0.4 is 0 Å². The van der Waals surface area contributed by atoms with Gasteiger partial charge >= 0.3 is 11.9 Å². The van der Waals surface area contributed by atoms with Gasteiger partial charge in [-0.2, -0.15) is 0 Å². The van der Waals surface area contributed by atoms with E-state index in [9.17, 15) is 9.59 Å². The number of carboxylic acid groups (broad SMARTS) is 2. The van der Waals surface area contributed by atoms with Crippen molar-refractivity contribution in [3.8, 4) is 0 Å². The fourth-order valence-electron chi connectivity index (χ4n) is 1.37. The normalized spacial score (nSPS) is 9.88. The third-order valence-electron chi connectivity index (χ3n) is 3.43. The molecule has 24 heavy (non-hydrogen) atoms. The summed E-state index contributed by atoms with van der Waals surface area (Å²) in [6.07, 6.45) is 7.31. The molecule has 0 aromatic rings. The van der Waals surface area contributed by atoms with Crippen LogP contribution in [-0.4, -0.2) is 57.3 Å². The predicted octanol–water partition coefficient (Wildman–Crippen LogP) is 2.05. The summed E-state index contributed by atoms with van der Waals surface area (Å²) in [6.45, 7) is 6.46. The monoisotopic (exact) mass is 350 g/mol. The second-order valence-corrected chi connectivity index (χ2v) is 5.43. The average molecular weight is 350 g/mol. The Morgan fingerprint density at radius 1 is 0.917 bits per heavy atom. The number of carbonyl (C=O) groups is 2. The van der Waals surface area contributed by atoms with E-state index in [0.717, 1.165) is 18.9 Å². The van der Waals surface area contributed by atoms with Crippen molar-refractivity contribution < 1.29 is 35.1 Å². The fourth-order valence-corrected chi connectivity index (χ4v) is 1.37. The van der Waals surface area contributed by atoms with E-state index in [2.05, 4.69) is 13.5 Å². The van der Waals surface area contributed by atoms with Crippen LogP contribution in [0.3, 0.4) is 0 Å². The van der Waals surface area contributed by atoms with Crippen LogP contribution in [0.15, 0.2) is 12.7 Å². The molecule has 0 radical (unpaired) electrons. The highest BCUT2D eigenvalue weighted by Gasteiger charge is 2.24. The molecule has 0 bridgehead atoms. The number of aliphatic hydroxyl groups is 3. The molecule has 0 saturated carbocycles. The molecule has 0 atom stereocenters. The minimum atomic E-state index is -0.981. The summed E-state index contributed by atoms with van der Waals surface area (Å²) in [7, 11) is 0. The molecule has 0 aromatic heterocycles. The van der Waals surface area contributed by atoms with Crippen molar-refractivity contribution in [2.24, 2.45) is 5.41 Å². The van der Waals surface area contributed by atoms with Crippen molar-refractivity contribution in [2.75, 3.05) is 19.8 Å². The Hall–Kier alpha value is -1.44. The Morgan fingerprint density at radius 3 is 1.54 bits per heavy atom. The van der Waals surface area contributed by atoms with Crippen LogP contribution in [0.25, 0.3) is 0 Å². The first-order chi connectivity index (χ1) is 11.3. The molecule has 0 fully saturated rings. The van der Waals surface area contributed by atoms with E-state index >= 15 is 0 Å². The van der Waals surface area contributed by atoms with Crippen LogP contribution in [-0.2, 0) is 9.59 Å². The number of carboxylic acids is 2. The van der Waals surface area contributed by atoms with Crippen LogP contribution in [0.1, 0.15) is 58.8 Å². The molecule has 0 aliphatic heterocycles. The molecule has 0 unspecified atom stereocenters. The lowest BCUT2D eigenvalue weighted by Crippen LogP contribution is -2.32. The van der Waals surface area contributed by atoms with Crippen molar-refractivity contribution in [1.82, 2.24) is 0 Å². The van der Waals surface area contributed by atoms with Gasteiger partial charge in [-0.05, 0) is 12.8 Å². The largest absolute Gasteiger partial charge is 0.481 e. The van der Waals surface area contributed by atoms with Crippen molar-refractivity contribution in [2.45, 2.75) is 58.8 Å². The minimum absolute atomic E-state index is 0.156. The maximum Gasteiger partial charge on any atom is 0.327 e.